The molecule has 22 heavy (non-hydrogen) atoms. The van der Waals surface area contributed by atoms with Crippen molar-refractivity contribution in [1.82, 2.24) is 4.98 Å². The third-order valence-electron chi connectivity index (χ3n) is 6.08. The smallest absolute Gasteiger partial charge is 0.203 e. The fourth-order valence-corrected chi connectivity index (χ4v) is 5.49. The molecule has 0 radical (unpaired) electrons. The van der Waals surface area contributed by atoms with Crippen molar-refractivity contribution < 1.29 is 0 Å². The molecular weight excluding hydrogens is 310 g/mol. The van der Waals surface area contributed by atoms with Crippen LogP contribution in [0.2, 0.25) is 0 Å². The van der Waals surface area contributed by atoms with Crippen molar-refractivity contribution in [1.29, 1.82) is 0 Å². The van der Waals surface area contributed by atoms with Gasteiger partial charge in [0.1, 0.15) is 0 Å². The molecule has 0 unspecified atom stereocenters. The first kappa shape index (κ1) is 14.4. The van der Waals surface area contributed by atoms with Crippen LogP contribution in [0.15, 0.2) is 28.0 Å². The SMILES string of the molecule is CC1(C)[C@H]2CC[C@@]1(C)/C(=N/Nc1nc(-c3cccs3)cs1)C2. The van der Waals surface area contributed by atoms with E-state index in [1.165, 1.54) is 23.4 Å². The number of hydrazone groups is 1. The van der Waals surface area contributed by atoms with Gasteiger partial charge in [-0.05, 0) is 42.0 Å². The van der Waals surface area contributed by atoms with Crippen LogP contribution in [0.3, 0.4) is 0 Å². The van der Waals surface area contributed by atoms with E-state index in [1.54, 1.807) is 22.7 Å². The van der Waals surface area contributed by atoms with Gasteiger partial charge in [0.15, 0.2) is 0 Å². The molecule has 2 atom stereocenters. The molecule has 2 aromatic rings. The van der Waals surface area contributed by atoms with E-state index in [-0.39, 0.29) is 5.41 Å². The summed E-state index contributed by atoms with van der Waals surface area (Å²) in [4.78, 5) is 5.86. The zero-order valence-corrected chi connectivity index (χ0v) is 14.9. The molecule has 2 aliphatic carbocycles. The molecule has 0 saturated heterocycles. The van der Waals surface area contributed by atoms with Crippen LogP contribution < -0.4 is 5.43 Å². The molecule has 2 saturated carbocycles. The summed E-state index contributed by atoms with van der Waals surface area (Å²) in [6.45, 7) is 7.20. The minimum atomic E-state index is 0.249. The normalized spacial score (nSPS) is 31.0. The van der Waals surface area contributed by atoms with Crippen LogP contribution in [0.5, 0.6) is 0 Å². The van der Waals surface area contributed by atoms with E-state index in [0.29, 0.717) is 5.41 Å². The zero-order chi connectivity index (χ0) is 15.4. The number of aromatic nitrogens is 1. The van der Waals surface area contributed by atoms with Crippen molar-refractivity contribution in [2.24, 2.45) is 21.8 Å². The second-order valence-corrected chi connectivity index (χ2v) is 8.98. The first-order valence-corrected chi connectivity index (χ1v) is 9.59. The quantitative estimate of drug-likeness (QED) is 0.756. The molecule has 116 valence electrons. The van der Waals surface area contributed by atoms with Gasteiger partial charge < -0.3 is 0 Å². The summed E-state index contributed by atoms with van der Waals surface area (Å²) in [5, 5.41) is 9.83. The standard InChI is InChI=1S/C17H21N3S2/c1-16(2)11-6-7-17(16,3)14(9-11)19-20-15-18-12(10-22-15)13-5-4-8-21-13/h4-5,8,10-11H,6-7,9H2,1-3H3,(H,18,20)/b19-14+/t11-,17-/m0/s1. The van der Waals surface area contributed by atoms with Crippen LogP contribution >= 0.6 is 22.7 Å². The molecule has 2 bridgehead atoms. The molecule has 0 spiro atoms. The summed E-state index contributed by atoms with van der Waals surface area (Å²) in [5.41, 5.74) is 6.22. The summed E-state index contributed by atoms with van der Waals surface area (Å²) < 4.78 is 0. The Morgan fingerprint density at radius 2 is 2.18 bits per heavy atom. The minimum Gasteiger partial charge on any atom is -0.253 e. The minimum absolute atomic E-state index is 0.249. The number of anilines is 1. The average Bonchev–Trinajstić information content (AvgIpc) is 3.22. The van der Waals surface area contributed by atoms with Crippen LogP contribution in [0.4, 0.5) is 5.13 Å². The Morgan fingerprint density at radius 3 is 2.82 bits per heavy atom. The molecular formula is C17H21N3S2. The maximum Gasteiger partial charge on any atom is 0.203 e. The lowest BCUT2D eigenvalue weighted by molar-refractivity contribution is 0.194. The number of thiazole rings is 1. The highest BCUT2D eigenvalue weighted by Crippen LogP contribution is 2.63. The third kappa shape index (κ3) is 1.98. The lowest BCUT2D eigenvalue weighted by Crippen LogP contribution is -2.32. The van der Waals surface area contributed by atoms with Gasteiger partial charge in [-0.25, -0.2) is 4.98 Å². The second kappa shape index (κ2) is 4.90. The largest absolute Gasteiger partial charge is 0.253 e. The molecule has 5 heteroatoms. The molecule has 4 rings (SSSR count). The van der Waals surface area contributed by atoms with Gasteiger partial charge in [0, 0.05) is 16.5 Å². The van der Waals surface area contributed by atoms with Gasteiger partial charge >= 0.3 is 0 Å². The molecule has 1 N–H and O–H groups in total. The average molecular weight is 332 g/mol. The highest BCUT2D eigenvalue weighted by molar-refractivity contribution is 7.15. The van der Waals surface area contributed by atoms with Crippen LogP contribution in [0.25, 0.3) is 10.6 Å². The van der Waals surface area contributed by atoms with E-state index in [2.05, 4.69) is 54.1 Å². The summed E-state index contributed by atoms with van der Waals surface area (Å²) >= 11 is 3.35. The van der Waals surface area contributed by atoms with Crippen molar-refractivity contribution in [3.8, 4) is 10.6 Å². The molecule has 2 fully saturated rings. The topological polar surface area (TPSA) is 37.3 Å². The Hall–Kier alpha value is -1.20. The number of fused-ring (bicyclic) bond motifs is 2. The lowest BCUT2D eigenvalue weighted by atomic mass is 9.70. The Bertz CT molecular complexity index is 714. The van der Waals surface area contributed by atoms with E-state index >= 15 is 0 Å². The molecule has 0 amide bonds. The number of hydrogen-bond acceptors (Lipinski definition) is 5. The first-order chi connectivity index (χ1) is 10.5. The van der Waals surface area contributed by atoms with Gasteiger partial charge in [0.2, 0.25) is 5.13 Å². The summed E-state index contributed by atoms with van der Waals surface area (Å²) in [6.07, 6.45) is 3.76. The van der Waals surface area contributed by atoms with Gasteiger partial charge in [0.05, 0.1) is 10.6 Å². The van der Waals surface area contributed by atoms with Gasteiger partial charge in [-0.3, -0.25) is 5.43 Å². The van der Waals surface area contributed by atoms with Crippen molar-refractivity contribution in [3.63, 3.8) is 0 Å². The second-order valence-electron chi connectivity index (χ2n) is 7.18. The highest BCUT2D eigenvalue weighted by atomic mass is 32.1. The Balaban J connectivity index is 1.54. The number of hydrogen-bond donors (Lipinski definition) is 1. The zero-order valence-electron chi connectivity index (χ0n) is 13.2. The monoisotopic (exact) mass is 331 g/mol. The number of nitrogens with zero attached hydrogens (tertiary/aromatic N) is 2. The van der Waals surface area contributed by atoms with Gasteiger partial charge in [-0.15, -0.1) is 22.7 Å². The van der Waals surface area contributed by atoms with Gasteiger partial charge in [0.25, 0.3) is 0 Å². The summed E-state index contributed by atoms with van der Waals surface area (Å²) in [6, 6.07) is 4.17. The van der Waals surface area contributed by atoms with Crippen molar-refractivity contribution in [3.05, 3.63) is 22.9 Å². The summed E-state index contributed by atoms with van der Waals surface area (Å²) in [7, 11) is 0. The maximum absolute atomic E-state index is 4.76. The predicted molar refractivity (Wildman–Crippen MR) is 95.7 cm³/mol. The molecule has 2 heterocycles. The number of rotatable bonds is 3. The number of nitrogens with one attached hydrogen (secondary N) is 1. The fourth-order valence-electron chi connectivity index (χ4n) is 4.08. The molecule has 0 aromatic carbocycles. The third-order valence-corrected chi connectivity index (χ3v) is 7.72. The van der Waals surface area contributed by atoms with E-state index in [1.807, 2.05) is 0 Å². The van der Waals surface area contributed by atoms with Gasteiger partial charge in [-0.2, -0.15) is 5.10 Å². The molecule has 2 aromatic heterocycles. The Kier molecular flexibility index (Phi) is 3.20. The van der Waals surface area contributed by atoms with Crippen LogP contribution in [-0.4, -0.2) is 10.7 Å². The fraction of sp³-hybridized carbons (Fsp3) is 0.529. The van der Waals surface area contributed by atoms with Crippen molar-refractivity contribution in [2.75, 3.05) is 5.43 Å². The Morgan fingerprint density at radius 1 is 1.32 bits per heavy atom. The van der Waals surface area contributed by atoms with Crippen molar-refractivity contribution in [2.45, 2.75) is 40.0 Å². The van der Waals surface area contributed by atoms with Crippen LogP contribution in [0.1, 0.15) is 40.0 Å². The molecule has 0 aliphatic heterocycles. The molecule has 2 aliphatic rings. The van der Waals surface area contributed by atoms with E-state index in [4.69, 9.17) is 5.10 Å². The summed E-state index contributed by atoms with van der Waals surface area (Å²) in [5.74, 6) is 0.788. The maximum atomic E-state index is 4.76. The van der Waals surface area contributed by atoms with Crippen LogP contribution in [-0.2, 0) is 0 Å². The molecule has 3 nitrogen and oxygen atoms in total. The van der Waals surface area contributed by atoms with Gasteiger partial charge in [-0.1, -0.05) is 26.8 Å². The first-order valence-electron chi connectivity index (χ1n) is 7.83. The number of thiophene rings is 1. The van der Waals surface area contributed by atoms with Crippen LogP contribution in [0, 0.1) is 16.7 Å². The van der Waals surface area contributed by atoms with E-state index in [0.717, 1.165) is 23.2 Å². The lowest BCUT2D eigenvalue weighted by Gasteiger charge is -2.34. The van der Waals surface area contributed by atoms with E-state index < -0.39 is 0 Å². The van der Waals surface area contributed by atoms with Crippen molar-refractivity contribution >= 4 is 33.5 Å². The highest BCUT2D eigenvalue weighted by Gasteiger charge is 2.59. The van der Waals surface area contributed by atoms with E-state index in [9.17, 15) is 0 Å². The predicted octanol–water partition coefficient (Wildman–Crippen LogP) is 5.49. The Labute approximate surface area is 139 Å².